The minimum Gasteiger partial charge on any atom is -0.437 e. The van der Waals surface area contributed by atoms with Crippen LogP contribution in [0, 0.1) is 6.92 Å². The Labute approximate surface area is 106 Å². The van der Waals surface area contributed by atoms with E-state index in [2.05, 4.69) is 4.98 Å². The number of rotatable bonds is 4. The Kier molecular flexibility index (Phi) is 3.46. The number of nitrogens with zero attached hydrogens (tertiary/aromatic N) is 2. The summed E-state index contributed by atoms with van der Waals surface area (Å²) < 4.78 is 5.46. The molecule has 0 aromatic carbocycles. The smallest absolute Gasteiger partial charge is 0.196 e. The molecule has 0 aliphatic rings. The van der Waals surface area contributed by atoms with Gasteiger partial charge in [0, 0.05) is 25.7 Å². The van der Waals surface area contributed by atoms with Crippen molar-refractivity contribution in [2.75, 3.05) is 11.9 Å². The molecule has 2 heterocycles. The Bertz CT molecular complexity index is 560. The molecule has 18 heavy (non-hydrogen) atoms. The van der Waals surface area contributed by atoms with E-state index in [-0.39, 0.29) is 5.78 Å². The van der Waals surface area contributed by atoms with Crippen molar-refractivity contribution < 1.29 is 9.21 Å². The second-order valence-corrected chi connectivity index (χ2v) is 4.32. The minimum absolute atomic E-state index is 0.0664. The van der Waals surface area contributed by atoms with Gasteiger partial charge in [0.25, 0.3) is 0 Å². The van der Waals surface area contributed by atoms with Gasteiger partial charge in [-0.2, -0.15) is 0 Å². The number of aryl methyl sites for hydroxylation is 1. The fraction of sp³-hybridized carbons (Fsp3) is 0.286. The van der Waals surface area contributed by atoms with Gasteiger partial charge in [-0.15, -0.1) is 0 Å². The third-order valence-electron chi connectivity index (χ3n) is 2.66. The highest BCUT2D eigenvalue weighted by Crippen LogP contribution is 2.19. The summed E-state index contributed by atoms with van der Waals surface area (Å²) in [7, 11) is 1.91. The molecule has 0 atom stereocenters. The number of carbonyl (C=O) groups is 1. The molecule has 2 aromatic heterocycles. The number of hydrogen-bond donors (Lipinski definition) is 0. The molecule has 4 heteroatoms. The summed E-state index contributed by atoms with van der Waals surface area (Å²) in [4.78, 5) is 17.5. The molecule has 0 aliphatic carbocycles. The van der Waals surface area contributed by atoms with E-state index in [9.17, 15) is 4.79 Å². The van der Waals surface area contributed by atoms with Crippen LogP contribution in [0.25, 0.3) is 0 Å². The average molecular weight is 244 g/mol. The molecule has 0 bridgehead atoms. The third-order valence-corrected chi connectivity index (χ3v) is 2.66. The molecule has 0 spiro atoms. The van der Waals surface area contributed by atoms with Crippen molar-refractivity contribution >= 4 is 11.7 Å². The Morgan fingerprint density at radius 2 is 2.11 bits per heavy atom. The Morgan fingerprint density at radius 3 is 2.72 bits per heavy atom. The minimum atomic E-state index is -0.0664. The maximum atomic E-state index is 11.2. The lowest BCUT2D eigenvalue weighted by atomic mass is 10.3. The molecule has 0 unspecified atom stereocenters. The SMILES string of the molecule is CC(=O)c1ccc(N(C)Cc2cccc(C)n2)o1. The molecule has 0 saturated heterocycles. The Balaban J connectivity index is 2.11. The fourth-order valence-corrected chi connectivity index (χ4v) is 1.73. The highest BCUT2D eigenvalue weighted by atomic mass is 16.4. The summed E-state index contributed by atoms with van der Waals surface area (Å²) in [6.45, 7) is 4.10. The summed E-state index contributed by atoms with van der Waals surface area (Å²) in [5, 5.41) is 0. The van der Waals surface area contributed by atoms with Crippen LogP contribution in [0.15, 0.2) is 34.7 Å². The van der Waals surface area contributed by atoms with Gasteiger partial charge in [0.15, 0.2) is 17.4 Å². The second-order valence-electron chi connectivity index (χ2n) is 4.32. The summed E-state index contributed by atoms with van der Waals surface area (Å²) in [5.41, 5.74) is 1.96. The molecule has 2 aromatic rings. The predicted octanol–water partition coefficient (Wildman–Crippen LogP) is 2.82. The van der Waals surface area contributed by atoms with E-state index in [1.807, 2.05) is 37.1 Å². The first-order valence-corrected chi connectivity index (χ1v) is 5.80. The van der Waals surface area contributed by atoms with Gasteiger partial charge in [0.1, 0.15) is 0 Å². The monoisotopic (exact) mass is 244 g/mol. The van der Waals surface area contributed by atoms with Gasteiger partial charge in [-0.05, 0) is 25.1 Å². The molecule has 0 radical (unpaired) electrons. The van der Waals surface area contributed by atoms with Gasteiger partial charge >= 0.3 is 0 Å². The maximum absolute atomic E-state index is 11.2. The summed E-state index contributed by atoms with van der Waals surface area (Å²) in [6, 6.07) is 9.40. The molecule has 94 valence electrons. The van der Waals surface area contributed by atoms with Crippen LogP contribution in [0.1, 0.15) is 28.9 Å². The predicted molar refractivity (Wildman–Crippen MR) is 69.8 cm³/mol. The maximum Gasteiger partial charge on any atom is 0.196 e. The van der Waals surface area contributed by atoms with Crippen LogP contribution in [0.2, 0.25) is 0 Å². The zero-order valence-electron chi connectivity index (χ0n) is 10.8. The number of pyridine rings is 1. The van der Waals surface area contributed by atoms with Crippen LogP contribution in [-0.2, 0) is 6.54 Å². The molecule has 0 amide bonds. The Hall–Kier alpha value is -2.10. The summed E-state index contributed by atoms with van der Waals surface area (Å²) in [6.07, 6.45) is 0. The summed E-state index contributed by atoms with van der Waals surface area (Å²) >= 11 is 0. The normalized spacial score (nSPS) is 10.4. The largest absolute Gasteiger partial charge is 0.437 e. The molecular weight excluding hydrogens is 228 g/mol. The van der Waals surface area contributed by atoms with E-state index in [4.69, 9.17) is 4.42 Å². The van der Waals surface area contributed by atoms with Crippen molar-refractivity contribution in [2.24, 2.45) is 0 Å². The summed E-state index contributed by atoms with van der Waals surface area (Å²) in [5.74, 6) is 0.987. The molecule has 0 N–H and O–H groups in total. The number of aromatic nitrogens is 1. The second kappa shape index (κ2) is 5.04. The van der Waals surface area contributed by atoms with E-state index in [0.717, 1.165) is 11.4 Å². The lowest BCUT2D eigenvalue weighted by molar-refractivity contribution is 0.0988. The van der Waals surface area contributed by atoms with E-state index in [1.54, 1.807) is 12.1 Å². The zero-order valence-corrected chi connectivity index (χ0v) is 10.8. The van der Waals surface area contributed by atoms with E-state index in [0.29, 0.717) is 18.2 Å². The van der Waals surface area contributed by atoms with Gasteiger partial charge < -0.3 is 9.32 Å². The lowest BCUT2D eigenvalue weighted by Gasteiger charge is -2.15. The van der Waals surface area contributed by atoms with Crippen LogP contribution >= 0.6 is 0 Å². The van der Waals surface area contributed by atoms with Crippen molar-refractivity contribution in [1.82, 2.24) is 4.98 Å². The molecule has 2 rings (SSSR count). The highest BCUT2D eigenvalue weighted by molar-refractivity contribution is 5.91. The molecule has 0 saturated carbocycles. The third kappa shape index (κ3) is 2.77. The van der Waals surface area contributed by atoms with Gasteiger partial charge in [-0.1, -0.05) is 6.07 Å². The molecule has 0 fully saturated rings. The first kappa shape index (κ1) is 12.4. The van der Waals surface area contributed by atoms with Gasteiger partial charge in [-0.3, -0.25) is 9.78 Å². The van der Waals surface area contributed by atoms with Crippen molar-refractivity contribution in [2.45, 2.75) is 20.4 Å². The van der Waals surface area contributed by atoms with Crippen molar-refractivity contribution in [3.8, 4) is 0 Å². The van der Waals surface area contributed by atoms with Crippen molar-refractivity contribution in [3.05, 3.63) is 47.5 Å². The lowest BCUT2D eigenvalue weighted by Crippen LogP contribution is -2.16. The number of hydrogen-bond acceptors (Lipinski definition) is 4. The molecule has 0 aliphatic heterocycles. The quantitative estimate of drug-likeness (QED) is 0.776. The van der Waals surface area contributed by atoms with Crippen LogP contribution < -0.4 is 4.90 Å². The topological polar surface area (TPSA) is 46.3 Å². The first-order chi connectivity index (χ1) is 8.56. The number of Topliss-reactive ketones (excluding diaryl/α,β-unsaturated/α-hetero) is 1. The van der Waals surface area contributed by atoms with Crippen LogP contribution in [0.4, 0.5) is 5.88 Å². The van der Waals surface area contributed by atoms with Gasteiger partial charge in [0.05, 0.1) is 12.2 Å². The molecule has 4 nitrogen and oxygen atoms in total. The average Bonchev–Trinajstić information content (AvgIpc) is 2.78. The number of ketones is 1. The first-order valence-electron chi connectivity index (χ1n) is 5.80. The highest BCUT2D eigenvalue weighted by Gasteiger charge is 2.10. The fourth-order valence-electron chi connectivity index (χ4n) is 1.73. The zero-order chi connectivity index (χ0) is 13.1. The van der Waals surface area contributed by atoms with Crippen molar-refractivity contribution in [3.63, 3.8) is 0 Å². The van der Waals surface area contributed by atoms with Crippen molar-refractivity contribution in [1.29, 1.82) is 0 Å². The van der Waals surface area contributed by atoms with Crippen LogP contribution in [0.5, 0.6) is 0 Å². The standard InChI is InChI=1S/C14H16N2O2/c1-10-5-4-6-12(15-10)9-16(3)14-8-7-13(18-14)11(2)17/h4-8H,9H2,1-3H3. The van der Waals surface area contributed by atoms with Gasteiger partial charge in [-0.25, -0.2) is 0 Å². The van der Waals surface area contributed by atoms with Crippen LogP contribution in [-0.4, -0.2) is 17.8 Å². The Morgan fingerprint density at radius 1 is 1.33 bits per heavy atom. The van der Waals surface area contributed by atoms with E-state index >= 15 is 0 Å². The number of carbonyl (C=O) groups excluding carboxylic acids is 1. The molecular formula is C14H16N2O2. The number of anilines is 1. The van der Waals surface area contributed by atoms with E-state index in [1.165, 1.54) is 6.92 Å². The van der Waals surface area contributed by atoms with Gasteiger partial charge in [0.2, 0.25) is 0 Å². The van der Waals surface area contributed by atoms with E-state index < -0.39 is 0 Å². The number of furan rings is 1. The van der Waals surface area contributed by atoms with Crippen LogP contribution in [0.3, 0.4) is 0 Å².